The van der Waals surface area contributed by atoms with E-state index in [0.29, 0.717) is 0 Å². The maximum atomic E-state index is 13.4. The van der Waals surface area contributed by atoms with E-state index in [0.717, 1.165) is 10.5 Å². The lowest BCUT2D eigenvalue weighted by atomic mass is 10.0. The van der Waals surface area contributed by atoms with Gasteiger partial charge >= 0.3 is 6.09 Å². The van der Waals surface area contributed by atoms with Crippen molar-refractivity contribution in [2.45, 2.75) is 25.0 Å². The van der Waals surface area contributed by atoms with Gasteiger partial charge in [0, 0.05) is 13.0 Å². The van der Waals surface area contributed by atoms with Crippen LogP contribution in [0.15, 0.2) is 30.3 Å². The maximum absolute atomic E-state index is 13.4. The Morgan fingerprint density at radius 3 is 2.74 bits per heavy atom. The Hall–Kier alpha value is -1.66. The number of hydrogen-bond donors (Lipinski definition) is 2. The Morgan fingerprint density at radius 2 is 2.11 bits per heavy atom. The van der Waals surface area contributed by atoms with Crippen molar-refractivity contribution in [2.75, 3.05) is 13.1 Å². The quantitative estimate of drug-likeness (QED) is 0.787. The number of carbonyl (C=O) groups excluding carboxylic acids is 1. The second-order valence-corrected chi connectivity index (χ2v) is 4.58. The Morgan fingerprint density at radius 1 is 1.42 bits per heavy atom. The number of amides is 1. The van der Waals surface area contributed by atoms with Crippen LogP contribution in [-0.2, 0) is 11.3 Å². The lowest BCUT2D eigenvalue weighted by Crippen LogP contribution is -2.55. The Kier molecular flexibility index (Phi) is 4.01. The third-order valence-corrected chi connectivity index (χ3v) is 3.10. The minimum Gasteiger partial charge on any atom is -0.445 e. The second kappa shape index (κ2) is 5.54. The molecular weight excluding hydrogens is 253 g/mol. The van der Waals surface area contributed by atoms with E-state index in [1.807, 2.05) is 30.3 Å². The fourth-order valence-corrected chi connectivity index (χ4v) is 1.86. The van der Waals surface area contributed by atoms with E-state index in [-0.39, 0.29) is 26.1 Å². The number of piperidine rings is 1. The van der Waals surface area contributed by atoms with E-state index in [4.69, 9.17) is 4.74 Å². The van der Waals surface area contributed by atoms with Gasteiger partial charge in [0.05, 0.1) is 6.54 Å². The summed E-state index contributed by atoms with van der Waals surface area (Å²) in [6.07, 6.45) is -2.76. The minimum absolute atomic E-state index is 0.0566. The summed E-state index contributed by atoms with van der Waals surface area (Å²) in [7, 11) is 0. The summed E-state index contributed by atoms with van der Waals surface area (Å²) < 4.78 is 18.4. The summed E-state index contributed by atoms with van der Waals surface area (Å²) in [5.41, 5.74) is 0.836. The van der Waals surface area contributed by atoms with Crippen LogP contribution >= 0.6 is 0 Å². The standard InChI is InChI=1S/C13H16FNO4/c14-11-8-15(7-6-13(11,17)18)12(16)19-9-10-4-2-1-3-5-10/h1-5,11,17-18H,6-9H2/t11-/m1/s1. The monoisotopic (exact) mass is 269 g/mol. The Balaban J connectivity index is 1.84. The number of alkyl halides is 1. The molecule has 1 amide bonds. The van der Waals surface area contributed by atoms with E-state index >= 15 is 0 Å². The molecule has 2 rings (SSSR count). The lowest BCUT2D eigenvalue weighted by molar-refractivity contribution is -0.226. The third kappa shape index (κ3) is 3.42. The van der Waals surface area contributed by atoms with Gasteiger partial charge in [0.15, 0.2) is 12.0 Å². The molecule has 0 radical (unpaired) electrons. The van der Waals surface area contributed by atoms with E-state index in [1.165, 1.54) is 0 Å². The van der Waals surface area contributed by atoms with Gasteiger partial charge in [-0.05, 0) is 5.56 Å². The molecule has 0 saturated carbocycles. The molecule has 0 aromatic heterocycles. The third-order valence-electron chi connectivity index (χ3n) is 3.10. The molecule has 0 bridgehead atoms. The molecular formula is C13H16FNO4. The first kappa shape index (κ1) is 13.8. The van der Waals surface area contributed by atoms with Gasteiger partial charge in [-0.1, -0.05) is 30.3 Å². The van der Waals surface area contributed by atoms with Crippen molar-refractivity contribution < 1.29 is 24.1 Å². The first-order valence-corrected chi connectivity index (χ1v) is 6.03. The zero-order chi connectivity index (χ0) is 13.9. The summed E-state index contributed by atoms with van der Waals surface area (Å²) in [6.45, 7) is -0.210. The van der Waals surface area contributed by atoms with Crippen LogP contribution in [0.2, 0.25) is 0 Å². The van der Waals surface area contributed by atoms with E-state index in [9.17, 15) is 19.4 Å². The summed E-state index contributed by atoms with van der Waals surface area (Å²) >= 11 is 0. The van der Waals surface area contributed by atoms with Gasteiger partial charge in [0.25, 0.3) is 0 Å². The fourth-order valence-electron chi connectivity index (χ4n) is 1.86. The molecule has 19 heavy (non-hydrogen) atoms. The molecule has 1 aromatic rings. The van der Waals surface area contributed by atoms with Crippen LogP contribution < -0.4 is 0 Å². The molecule has 1 aromatic carbocycles. The number of likely N-dealkylation sites (tertiary alicyclic amines) is 1. The van der Waals surface area contributed by atoms with Crippen LogP contribution in [0.1, 0.15) is 12.0 Å². The largest absolute Gasteiger partial charge is 0.445 e. The number of halogens is 1. The zero-order valence-corrected chi connectivity index (χ0v) is 10.3. The highest BCUT2D eigenvalue weighted by atomic mass is 19.1. The molecule has 1 heterocycles. The van der Waals surface area contributed by atoms with E-state index in [1.54, 1.807) is 0 Å². The Bertz CT molecular complexity index is 438. The number of rotatable bonds is 2. The van der Waals surface area contributed by atoms with E-state index < -0.39 is 18.1 Å². The molecule has 104 valence electrons. The highest BCUT2D eigenvalue weighted by Gasteiger charge is 2.42. The van der Waals surface area contributed by atoms with Crippen molar-refractivity contribution in [3.05, 3.63) is 35.9 Å². The average Bonchev–Trinajstić information content (AvgIpc) is 2.40. The normalized spacial score (nSPS) is 22.1. The number of carbonyl (C=O) groups is 1. The summed E-state index contributed by atoms with van der Waals surface area (Å²) in [4.78, 5) is 12.8. The second-order valence-electron chi connectivity index (χ2n) is 4.58. The zero-order valence-electron chi connectivity index (χ0n) is 10.3. The van der Waals surface area contributed by atoms with Gasteiger partial charge < -0.3 is 19.8 Å². The maximum Gasteiger partial charge on any atom is 0.410 e. The molecule has 1 fully saturated rings. The smallest absolute Gasteiger partial charge is 0.410 e. The Labute approximate surface area is 110 Å². The van der Waals surface area contributed by atoms with Crippen molar-refractivity contribution in [3.8, 4) is 0 Å². The molecule has 0 unspecified atom stereocenters. The number of hydrogen-bond acceptors (Lipinski definition) is 4. The highest BCUT2D eigenvalue weighted by molar-refractivity contribution is 5.67. The van der Waals surface area contributed by atoms with Crippen molar-refractivity contribution in [1.82, 2.24) is 4.90 Å². The van der Waals surface area contributed by atoms with Crippen LogP contribution in [0.5, 0.6) is 0 Å². The molecule has 6 heteroatoms. The van der Waals surface area contributed by atoms with Gasteiger partial charge in [-0.15, -0.1) is 0 Å². The highest BCUT2D eigenvalue weighted by Crippen LogP contribution is 2.23. The van der Waals surface area contributed by atoms with Crippen molar-refractivity contribution in [2.24, 2.45) is 0 Å². The van der Waals surface area contributed by atoms with Gasteiger partial charge in [0.2, 0.25) is 0 Å². The number of benzene rings is 1. The topological polar surface area (TPSA) is 70.0 Å². The van der Waals surface area contributed by atoms with Crippen LogP contribution in [0.3, 0.4) is 0 Å². The van der Waals surface area contributed by atoms with Crippen LogP contribution in [0.25, 0.3) is 0 Å². The fraction of sp³-hybridized carbons (Fsp3) is 0.462. The first-order chi connectivity index (χ1) is 8.99. The molecule has 1 aliphatic heterocycles. The molecule has 2 N–H and O–H groups in total. The lowest BCUT2D eigenvalue weighted by Gasteiger charge is -2.36. The SMILES string of the molecule is O=C(OCc1ccccc1)N1CCC(O)(O)[C@H](F)C1. The predicted octanol–water partition coefficient (Wildman–Crippen LogP) is 1.05. The predicted molar refractivity (Wildman–Crippen MR) is 64.9 cm³/mol. The average molecular weight is 269 g/mol. The molecule has 1 aliphatic rings. The van der Waals surface area contributed by atoms with Gasteiger partial charge in [-0.25, -0.2) is 9.18 Å². The van der Waals surface area contributed by atoms with Gasteiger partial charge in [-0.2, -0.15) is 0 Å². The summed E-state index contributed by atoms with van der Waals surface area (Å²) in [5, 5.41) is 18.5. The van der Waals surface area contributed by atoms with Crippen molar-refractivity contribution >= 4 is 6.09 Å². The molecule has 1 atom stereocenters. The number of aliphatic hydroxyl groups is 2. The molecule has 0 aliphatic carbocycles. The minimum atomic E-state index is -2.35. The number of nitrogens with zero attached hydrogens (tertiary/aromatic N) is 1. The summed E-state index contributed by atoms with van der Waals surface area (Å²) in [5.74, 6) is -2.35. The molecule has 5 nitrogen and oxygen atoms in total. The van der Waals surface area contributed by atoms with Crippen LogP contribution in [0, 0.1) is 0 Å². The molecule has 0 spiro atoms. The van der Waals surface area contributed by atoms with Crippen molar-refractivity contribution in [3.63, 3.8) is 0 Å². The number of ether oxygens (including phenoxy) is 1. The van der Waals surface area contributed by atoms with Crippen molar-refractivity contribution in [1.29, 1.82) is 0 Å². The van der Waals surface area contributed by atoms with E-state index in [2.05, 4.69) is 0 Å². The summed E-state index contributed by atoms with van der Waals surface area (Å²) in [6, 6.07) is 9.13. The molecule has 1 saturated heterocycles. The van der Waals surface area contributed by atoms with Gasteiger partial charge in [-0.3, -0.25) is 0 Å². The first-order valence-electron chi connectivity index (χ1n) is 6.03. The van der Waals surface area contributed by atoms with Gasteiger partial charge in [0.1, 0.15) is 6.61 Å². The van der Waals surface area contributed by atoms with Crippen LogP contribution in [0.4, 0.5) is 9.18 Å². The van der Waals surface area contributed by atoms with Crippen LogP contribution in [-0.4, -0.2) is 46.3 Å².